The smallest absolute Gasteiger partial charge is 0.338 e. The molecule has 0 spiro atoms. The summed E-state index contributed by atoms with van der Waals surface area (Å²) in [6.45, 7) is 3.37. The van der Waals surface area contributed by atoms with Gasteiger partial charge >= 0.3 is 5.97 Å². The number of carbonyl (C=O) groups excluding carboxylic acids is 1. The zero-order valence-corrected chi connectivity index (χ0v) is 10.5. The maximum absolute atomic E-state index is 13.4. The average Bonchev–Trinajstić information content (AvgIpc) is 2.32. The normalized spacial score (nSPS) is 11.3. The number of hydrogen-bond acceptors (Lipinski definition) is 2. The molecule has 0 aliphatic carbocycles. The van der Waals surface area contributed by atoms with Crippen LogP contribution in [0.5, 0.6) is 0 Å². The number of aromatic carboxylic acids is 1. The van der Waals surface area contributed by atoms with Gasteiger partial charge in [-0.1, -0.05) is 13.0 Å². The molecule has 0 atom stereocenters. The van der Waals surface area contributed by atoms with Gasteiger partial charge in [-0.3, -0.25) is 4.79 Å². The van der Waals surface area contributed by atoms with E-state index in [0.29, 0.717) is 18.1 Å². The molecule has 0 bridgehead atoms. The van der Waals surface area contributed by atoms with Crippen molar-refractivity contribution < 1.29 is 23.5 Å². The Morgan fingerprint density at radius 3 is 2.47 bits per heavy atom. The van der Waals surface area contributed by atoms with E-state index in [1.165, 1.54) is 0 Å². The van der Waals surface area contributed by atoms with Gasteiger partial charge in [0.1, 0.15) is 11.6 Å². The molecule has 0 aliphatic rings. The predicted octanol–water partition coefficient (Wildman–Crippen LogP) is 2.96. The van der Waals surface area contributed by atoms with Crippen LogP contribution in [0.1, 0.15) is 30.6 Å². The molecule has 102 valence electrons. The predicted molar refractivity (Wildman–Crippen MR) is 66.0 cm³/mol. The first-order chi connectivity index (χ1) is 8.86. The summed E-state index contributed by atoms with van der Waals surface area (Å²) in [5, 5.41) is 10.9. The molecule has 1 aromatic rings. The third-order valence-electron chi connectivity index (χ3n) is 2.40. The summed E-state index contributed by atoms with van der Waals surface area (Å²) in [5.41, 5.74) is -0.704. The molecule has 1 rings (SSSR count). The van der Waals surface area contributed by atoms with Gasteiger partial charge < -0.3 is 10.4 Å². The fourth-order valence-electron chi connectivity index (χ4n) is 1.43. The van der Waals surface area contributed by atoms with Crippen LogP contribution in [0.15, 0.2) is 23.8 Å². The number of halogens is 2. The number of anilines is 1. The lowest BCUT2D eigenvalue weighted by molar-refractivity contribution is -0.112. The van der Waals surface area contributed by atoms with Crippen LogP contribution in [0.25, 0.3) is 0 Å². The number of amides is 1. The molecule has 0 aromatic heterocycles. The molecular formula is C13H13F2NO3. The Kier molecular flexibility index (Phi) is 4.74. The fourth-order valence-corrected chi connectivity index (χ4v) is 1.43. The van der Waals surface area contributed by atoms with Crippen LogP contribution in [0, 0.1) is 11.6 Å². The highest BCUT2D eigenvalue weighted by atomic mass is 19.1. The van der Waals surface area contributed by atoms with Crippen LogP contribution in [-0.2, 0) is 4.79 Å². The van der Waals surface area contributed by atoms with E-state index in [0.717, 1.165) is 6.07 Å². The molecular weight excluding hydrogens is 256 g/mol. The van der Waals surface area contributed by atoms with E-state index in [1.807, 2.05) is 6.92 Å². The van der Waals surface area contributed by atoms with E-state index in [1.54, 1.807) is 13.0 Å². The zero-order valence-electron chi connectivity index (χ0n) is 10.5. The second-order valence-electron chi connectivity index (χ2n) is 3.87. The zero-order chi connectivity index (χ0) is 14.6. The number of hydrogen-bond donors (Lipinski definition) is 2. The van der Waals surface area contributed by atoms with E-state index in [9.17, 15) is 18.4 Å². The minimum atomic E-state index is -1.53. The molecule has 0 fully saturated rings. The Hall–Kier alpha value is -2.24. The fraction of sp³-hybridized carbons (Fsp3) is 0.231. The van der Waals surface area contributed by atoms with Gasteiger partial charge in [-0.25, -0.2) is 13.6 Å². The maximum atomic E-state index is 13.4. The molecule has 1 amide bonds. The molecule has 0 aliphatic heterocycles. The van der Waals surface area contributed by atoms with Crippen molar-refractivity contribution in [1.82, 2.24) is 0 Å². The third kappa shape index (κ3) is 3.61. The summed E-state index contributed by atoms with van der Waals surface area (Å²) in [7, 11) is 0. The Morgan fingerprint density at radius 2 is 1.95 bits per heavy atom. The number of carboxylic acids is 1. The molecule has 0 heterocycles. The van der Waals surface area contributed by atoms with E-state index >= 15 is 0 Å². The summed E-state index contributed by atoms with van der Waals surface area (Å²) in [6.07, 6.45) is 2.26. The largest absolute Gasteiger partial charge is 0.478 e. The lowest BCUT2D eigenvalue weighted by Crippen LogP contribution is -2.15. The summed E-state index contributed by atoms with van der Waals surface area (Å²) in [6, 6.07) is 1.18. The number of allylic oxidation sites excluding steroid dienone is 1. The number of carboxylic acid groups (broad SMARTS) is 1. The van der Waals surface area contributed by atoms with Crippen molar-refractivity contribution in [2.45, 2.75) is 20.3 Å². The molecule has 6 heteroatoms. The molecule has 4 nitrogen and oxygen atoms in total. The van der Waals surface area contributed by atoms with Crippen LogP contribution in [0.4, 0.5) is 14.5 Å². The van der Waals surface area contributed by atoms with Gasteiger partial charge in [-0.2, -0.15) is 0 Å². The van der Waals surface area contributed by atoms with Crippen LogP contribution in [0.3, 0.4) is 0 Å². The van der Waals surface area contributed by atoms with Crippen LogP contribution in [0.2, 0.25) is 0 Å². The Bertz CT molecular complexity index is 553. The van der Waals surface area contributed by atoms with E-state index in [4.69, 9.17) is 5.11 Å². The molecule has 19 heavy (non-hydrogen) atoms. The summed E-state index contributed by atoms with van der Waals surface area (Å²) in [4.78, 5) is 22.4. The summed E-state index contributed by atoms with van der Waals surface area (Å²) in [5.74, 6) is -4.32. The summed E-state index contributed by atoms with van der Waals surface area (Å²) >= 11 is 0. The number of rotatable bonds is 4. The van der Waals surface area contributed by atoms with Gasteiger partial charge in [0, 0.05) is 11.6 Å². The third-order valence-corrected chi connectivity index (χ3v) is 2.40. The van der Waals surface area contributed by atoms with Crippen molar-refractivity contribution in [2.24, 2.45) is 0 Å². The van der Waals surface area contributed by atoms with Crippen molar-refractivity contribution in [3.8, 4) is 0 Å². The molecule has 1 aromatic carbocycles. The number of nitrogens with one attached hydrogen (secondary N) is 1. The number of benzene rings is 1. The van der Waals surface area contributed by atoms with Gasteiger partial charge in [0.15, 0.2) is 0 Å². The first kappa shape index (κ1) is 14.8. The average molecular weight is 269 g/mol. The van der Waals surface area contributed by atoms with Crippen LogP contribution in [-0.4, -0.2) is 17.0 Å². The highest BCUT2D eigenvalue weighted by Crippen LogP contribution is 2.20. The van der Waals surface area contributed by atoms with Gasteiger partial charge in [-0.05, 0) is 19.4 Å². The topological polar surface area (TPSA) is 66.4 Å². The molecule has 2 N–H and O–H groups in total. The van der Waals surface area contributed by atoms with E-state index in [-0.39, 0.29) is 5.69 Å². The lowest BCUT2D eigenvalue weighted by atomic mass is 10.1. The van der Waals surface area contributed by atoms with Crippen LogP contribution < -0.4 is 5.32 Å². The molecule has 0 unspecified atom stereocenters. The lowest BCUT2D eigenvalue weighted by Gasteiger charge is -2.08. The minimum absolute atomic E-state index is 0.364. The van der Waals surface area contributed by atoms with Gasteiger partial charge in [0.25, 0.3) is 5.91 Å². The van der Waals surface area contributed by atoms with Crippen molar-refractivity contribution in [2.75, 3.05) is 5.32 Å². The Morgan fingerprint density at radius 1 is 1.32 bits per heavy atom. The number of carbonyl (C=O) groups is 2. The van der Waals surface area contributed by atoms with Crippen molar-refractivity contribution in [1.29, 1.82) is 0 Å². The quantitative estimate of drug-likeness (QED) is 0.826. The molecule has 0 radical (unpaired) electrons. The first-order valence-electron chi connectivity index (χ1n) is 5.57. The van der Waals surface area contributed by atoms with E-state index < -0.39 is 29.1 Å². The maximum Gasteiger partial charge on any atom is 0.338 e. The second kappa shape index (κ2) is 6.08. The van der Waals surface area contributed by atoms with Gasteiger partial charge in [-0.15, -0.1) is 0 Å². The van der Waals surface area contributed by atoms with Gasteiger partial charge in [0.2, 0.25) is 0 Å². The second-order valence-corrected chi connectivity index (χ2v) is 3.87. The van der Waals surface area contributed by atoms with Crippen molar-refractivity contribution >= 4 is 17.6 Å². The van der Waals surface area contributed by atoms with Crippen molar-refractivity contribution in [3.05, 3.63) is 41.0 Å². The Labute approximate surface area is 108 Å². The van der Waals surface area contributed by atoms with Crippen molar-refractivity contribution in [3.63, 3.8) is 0 Å². The Balaban J connectivity index is 3.08. The SMILES string of the molecule is CC/C=C(\C)C(=O)Nc1cc(C(=O)O)c(F)cc1F. The van der Waals surface area contributed by atoms with E-state index in [2.05, 4.69) is 5.32 Å². The van der Waals surface area contributed by atoms with Crippen LogP contribution >= 0.6 is 0 Å². The monoisotopic (exact) mass is 269 g/mol. The standard InChI is InChI=1S/C13H13F2NO3/c1-3-4-7(2)12(17)16-11-5-8(13(18)19)9(14)6-10(11)15/h4-6H,3H2,1-2H3,(H,16,17)(H,18,19)/b7-4+. The molecule has 0 saturated carbocycles. The van der Waals surface area contributed by atoms with Gasteiger partial charge in [0.05, 0.1) is 11.3 Å². The highest BCUT2D eigenvalue weighted by Gasteiger charge is 2.16. The highest BCUT2D eigenvalue weighted by molar-refractivity contribution is 6.04. The first-order valence-corrected chi connectivity index (χ1v) is 5.57. The minimum Gasteiger partial charge on any atom is -0.478 e. The molecule has 0 saturated heterocycles. The summed E-state index contributed by atoms with van der Waals surface area (Å²) < 4.78 is 26.6.